The first-order chi connectivity index (χ1) is 13.7. The minimum atomic E-state index is -2.54. The Kier molecular flexibility index (Phi) is 6.14. The standard InChI is InChI=1S/C25H29NOSSi/c1-24(2,3)29(21-12-8-6-9-13-21,22-14-10-7-11-15-22)27-17-20-16-23(28-18-20)25(4,5)19-26/h6-16,18H,17H2,1-5H3. The molecule has 0 amide bonds. The Bertz CT molecular complexity index is 941. The molecule has 29 heavy (non-hydrogen) atoms. The van der Waals surface area contributed by atoms with Crippen LogP contribution in [0, 0.1) is 11.3 Å². The Morgan fingerprint density at radius 1 is 0.897 bits per heavy atom. The molecule has 0 fully saturated rings. The highest BCUT2D eigenvalue weighted by molar-refractivity contribution is 7.10. The summed E-state index contributed by atoms with van der Waals surface area (Å²) in [7, 11) is -2.54. The van der Waals surface area contributed by atoms with E-state index in [1.165, 1.54) is 10.4 Å². The number of rotatable bonds is 6. The Morgan fingerprint density at radius 3 is 1.86 bits per heavy atom. The summed E-state index contributed by atoms with van der Waals surface area (Å²) in [5, 5.41) is 14.1. The highest BCUT2D eigenvalue weighted by Gasteiger charge is 2.50. The molecule has 0 aliphatic rings. The molecule has 0 N–H and O–H groups in total. The summed E-state index contributed by atoms with van der Waals surface area (Å²) in [5.74, 6) is 0. The van der Waals surface area contributed by atoms with Gasteiger partial charge >= 0.3 is 0 Å². The molecule has 4 heteroatoms. The van der Waals surface area contributed by atoms with Gasteiger partial charge in [-0.1, -0.05) is 81.4 Å². The van der Waals surface area contributed by atoms with Crippen LogP contribution >= 0.6 is 11.3 Å². The average Bonchev–Trinajstić information content (AvgIpc) is 3.19. The molecule has 2 nitrogen and oxygen atoms in total. The van der Waals surface area contributed by atoms with E-state index in [2.05, 4.69) is 99.0 Å². The van der Waals surface area contributed by atoms with Gasteiger partial charge in [-0.25, -0.2) is 0 Å². The topological polar surface area (TPSA) is 33.0 Å². The molecule has 0 aliphatic heterocycles. The summed E-state index contributed by atoms with van der Waals surface area (Å²) in [4.78, 5) is 1.08. The summed E-state index contributed by atoms with van der Waals surface area (Å²) < 4.78 is 6.97. The van der Waals surface area contributed by atoms with Crippen molar-refractivity contribution in [3.8, 4) is 6.07 Å². The van der Waals surface area contributed by atoms with Gasteiger partial charge in [0.2, 0.25) is 0 Å². The summed E-state index contributed by atoms with van der Waals surface area (Å²) >= 11 is 1.64. The first-order valence-corrected chi connectivity index (χ1v) is 12.7. The van der Waals surface area contributed by atoms with Gasteiger partial charge in [-0.05, 0) is 46.3 Å². The zero-order valence-corrected chi connectivity index (χ0v) is 19.7. The molecule has 3 aromatic rings. The van der Waals surface area contributed by atoms with E-state index in [4.69, 9.17) is 4.43 Å². The van der Waals surface area contributed by atoms with Gasteiger partial charge < -0.3 is 4.43 Å². The lowest BCUT2D eigenvalue weighted by molar-refractivity contribution is 0.286. The predicted molar refractivity (Wildman–Crippen MR) is 125 cm³/mol. The first kappa shape index (κ1) is 21.5. The fraction of sp³-hybridized carbons (Fsp3) is 0.320. The van der Waals surface area contributed by atoms with Crippen LogP contribution in [0.2, 0.25) is 5.04 Å². The maximum absolute atomic E-state index is 9.45. The number of hydrogen-bond donors (Lipinski definition) is 0. The van der Waals surface area contributed by atoms with Crippen molar-refractivity contribution >= 4 is 30.0 Å². The van der Waals surface area contributed by atoms with Gasteiger partial charge in [0.05, 0.1) is 18.1 Å². The zero-order valence-electron chi connectivity index (χ0n) is 17.9. The maximum Gasteiger partial charge on any atom is 0.261 e. The van der Waals surface area contributed by atoms with Gasteiger partial charge in [-0.2, -0.15) is 5.26 Å². The first-order valence-electron chi connectivity index (χ1n) is 9.95. The van der Waals surface area contributed by atoms with E-state index in [1.54, 1.807) is 11.3 Å². The van der Waals surface area contributed by atoms with Crippen molar-refractivity contribution in [3.63, 3.8) is 0 Å². The second-order valence-corrected chi connectivity index (χ2v) is 14.2. The largest absolute Gasteiger partial charge is 0.403 e. The van der Waals surface area contributed by atoms with E-state index in [-0.39, 0.29) is 5.04 Å². The van der Waals surface area contributed by atoms with Crippen LogP contribution in [-0.4, -0.2) is 8.32 Å². The quantitative estimate of drug-likeness (QED) is 0.485. The number of benzene rings is 2. The third kappa shape index (κ3) is 4.23. The van der Waals surface area contributed by atoms with Gasteiger partial charge in [0.1, 0.15) is 0 Å². The molecule has 0 unspecified atom stereocenters. The minimum absolute atomic E-state index is 0.0412. The summed E-state index contributed by atoms with van der Waals surface area (Å²) in [6.45, 7) is 11.3. The lowest BCUT2D eigenvalue weighted by Crippen LogP contribution is -2.66. The van der Waals surface area contributed by atoms with Crippen LogP contribution in [0.25, 0.3) is 0 Å². The normalized spacial score (nSPS) is 12.6. The lowest BCUT2D eigenvalue weighted by Gasteiger charge is -2.43. The van der Waals surface area contributed by atoms with Crippen LogP contribution in [-0.2, 0) is 16.4 Å². The molecular formula is C25H29NOSSi. The monoisotopic (exact) mass is 419 g/mol. The fourth-order valence-corrected chi connectivity index (χ4v) is 9.30. The Hall–Kier alpha value is -2.19. The Labute approximate surface area is 179 Å². The van der Waals surface area contributed by atoms with Crippen molar-refractivity contribution in [2.24, 2.45) is 0 Å². The molecule has 0 bridgehead atoms. The number of nitriles is 1. The Balaban J connectivity index is 2.04. The third-order valence-electron chi connectivity index (χ3n) is 5.42. The van der Waals surface area contributed by atoms with Crippen LogP contribution in [0.3, 0.4) is 0 Å². The maximum atomic E-state index is 9.45. The van der Waals surface area contributed by atoms with Crippen LogP contribution in [0.4, 0.5) is 0 Å². The van der Waals surface area contributed by atoms with Crippen LogP contribution < -0.4 is 10.4 Å². The van der Waals surface area contributed by atoms with Gasteiger partial charge in [-0.3, -0.25) is 0 Å². The van der Waals surface area contributed by atoms with Gasteiger partial charge in [0.25, 0.3) is 8.32 Å². The number of hydrogen-bond acceptors (Lipinski definition) is 3. The van der Waals surface area contributed by atoms with E-state index in [0.717, 1.165) is 10.4 Å². The van der Waals surface area contributed by atoms with Crippen molar-refractivity contribution in [1.82, 2.24) is 0 Å². The predicted octanol–water partition coefficient (Wildman–Crippen LogP) is 5.63. The molecule has 150 valence electrons. The molecule has 0 saturated heterocycles. The molecule has 0 saturated carbocycles. The SMILES string of the molecule is CC(C)(C#N)c1cc(CO[Si](c2ccccc2)(c2ccccc2)C(C)(C)C)cs1. The minimum Gasteiger partial charge on any atom is -0.403 e. The average molecular weight is 420 g/mol. The highest BCUT2D eigenvalue weighted by atomic mass is 32.1. The summed E-state index contributed by atoms with van der Waals surface area (Å²) in [6.07, 6.45) is 0. The molecule has 1 heterocycles. The van der Waals surface area contributed by atoms with E-state index in [9.17, 15) is 5.26 Å². The van der Waals surface area contributed by atoms with Crippen molar-refractivity contribution in [1.29, 1.82) is 5.26 Å². The van der Waals surface area contributed by atoms with E-state index in [1.807, 2.05) is 13.8 Å². The smallest absolute Gasteiger partial charge is 0.261 e. The van der Waals surface area contributed by atoms with Crippen molar-refractivity contribution in [2.75, 3.05) is 0 Å². The van der Waals surface area contributed by atoms with Crippen molar-refractivity contribution in [3.05, 3.63) is 82.6 Å². The van der Waals surface area contributed by atoms with Crippen molar-refractivity contribution in [2.45, 2.75) is 51.7 Å². The van der Waals surface area contributed by atoms with Crippen LogP contribution in [0.15, 0.2) is 72.1 Å². The van der Waals surface area contributed by atoms with Crippen LogP contribution in [0.5, 0.6) is 0 Å². The van der Waals surface area contributed by atoms with Gasteiger partial charge in [0, 0.05) is 4.88 Å². The van der Waals surface area contributed by atoms with E-state index in [0.29, 0.717) is 6.61 Å². The highest BCUT2D eigenvalue weighted by Crippen LogP contribution is 2.38. The van der Waals surface area contributed by atoms with E-state index >= 15 is 0 Å². The molecule has 2 aromatic carbocycles. The molecule has 0 aliphatic carbocycles. The number of thiophene rings is 1. The Morgan fingerprint density at radius 2 is 1.41 bits per heavy atom. The third-order valence-corrected chi connectivity index (χ3v) is 11.7. The zero-order chi connectivity index (χ0) is 21.1. The summed E-state index contributed by atoms with van der Waals surface area (Å²) in [5.41, 5.74) is 0.668. The number of nitrogens with zero attached hydrogens (tertiary/aromatic N) is 1. The van der Waals surface area contributed by atoms with E-state index < -0.39 is 13.7 Å². The summed E-state index contributed by atoms with van der Waals surface area (Å²) in [6, 6.07) is 25.9. The molecule has 0 radical (unpaired) electrons. The molecule has 0 atom stereocenters. The van der Waals surface area contributed by atoms with Gasteiger partial charge in [0.15, 0.2) is 0 Å². The molecular weight excluding hydrogens is 390 g/mol. The second-order valence-electron chi connectivity index (χ2n) is 9.01. The van der Waals surface area contributed by atoms with Gasteiger partial charge in [-0.15, -0.1) is 11.3 Å². The molecule has 0 spiro atoms. The molecule has 3 rings (SSSR count). The van der Waals surface area contributed by atoms with Crippen molar-refractivity contribution < 1.29 is 4.43 Å². The fourth-order valence-electron chi connectivity index (χ4n) is 3.79. The van der Waals surface area contributed by atoms with Crippen LogP contribution in [0.1, 0.15) is 45.1 Å². The molecule has 1 aromatic heterocycles. The lowest BCUT2D eigenvalue weighted by atomic mass is 9.93. The second kappa shape index (κ2) is 8.28.